The zero-order valence-corrected chi connectivity index (χ0v) is 17.2. The standard InChI is InChI=1S/C25H35NO2/c1-2-3-4-11-16-25(27,23-14-9-6-10-15-23)24(22-12-7-5-8-13-22)21-26-17-19-28-20-18-26/h5-10,12-15,24,27H,2-4,11,16-21H2,1H3/t24-,25-/m1/s1. The molecule has 3 heteroatoms. The lowest BCUT2D eigenvalue weighted by Crippen LogP contribution is -2.45. The molecule has 1 fully saturated rings. The molecule has 3 nitrogen and oxygen atoms in total. The average Bonchev–Trinajstić information content (AvgIpc) is 2.77. The molecule has 0 spiro atoms. The summed E-state index contributed by atoms with van der Waals surface area (Å²) >= 11 is 0. The lowest BCUT2D eigenvalue weighted by molar-refractivity contribution is -0.0296. The number of benzene rings is 2. The van der Waals surface area contributed by atoms with Gasteiger partial charge in [0, 0.05) is 25.6 Å². The predicted octanol–water partition coefficient (Wildman–Crippen LogP) is 4.96. The van der Waals surface area contributed by atoms with Crippen molar-refractivity contribution in [3.8, 4) is 0 Å². The van der Waals surface area contributed by atoms with Crippen molar-refractivity contribution in [3.63, 3.8) is 0 Å². The van der Waals surface area contributed by atoms with Gasteiger partial charge in [0.2, 0.25) is 0 Å². The van der Waals surface area contributed by atoms with E-state index < -0.39 is 5.60 Å². The van der Waals surface area contributed by atoms with E-state index >= 15 is 0 Å². The number of unbranched alkanes of at least 4 members (excludes halogenated alkanes) is 3. The van der Waals surface area contributed by atoms with E-state index in [4.69, 9.17) is 4.74 Å². The molecule has 2 aromatic carbocycles. The zero-order valence-electron chi connectivity index (χ0n) is 17.2. The Bertz CT molecular complexity index is 669. The normalized spacial score (nSPS) is 18.5. The van der Waals surface area contributed by atoms with Crippen LogP contribution in [0.4, 0.5) is 0 Å². The molecule has 0 saturated carbocycles. The highest BCUT2D eigenvalue weighted by atomic mass is 16.5. The third-order valence-electron chi connectivity index (χ3n) is 6.01. The first-order valence-corrected chi connectivity index (χ1v) is 10.9. The van der Waals surface area contributed by atoms with Crippen molar-refractivity contribution in [3.05, 3.63) is 71.8 Å². The summed E-state index contributed by atoms with van der Waals surface area (Å²) in [5.41, 5.74) is 1.39. The first-order valence-electron chi connectivity index (χ1n) is 10.9. The van der Waals surface area contributed by atoms with Gasteiger partial charge in [-0.1, -0.05) is 93.3 Å². The second-order valence-corrected chi connectivity index (χ2v) is 7.98. The summed E-state index contributed by atoms with van der Waals surface area (Å²) in [6.07, 6.45) is 5.45. The lowest BCUT2D eigenvalue weighted by atomic mass is 9.74. The summed E-state index contributed by atoms with van der Waals surface area (Å²) in [4.78, 5) is 2.45. The summed E-state index contributed by atoms with van der Waals surface area (Å²) < 4.78 is 5.54. The summed E-state index contributed by atoms with van der Waals surface area (Å²) in [5, 5.41) is 12.2. The van der Waals surface area contributed by atoms with Crippen molar-refractivity contribution in [2.24, 2.45) is 0 Å². The molecule has 2 aromatic rings. The molecular weight excluding hydrogens is 346 g/mol. The highest BCUT2D eigenvalue weighted by Gasteiger charge is 2.39. The van der Waals surface area contributed by atoms with Gasteiger partial charge in [-0.3, -0.25) is 4.90 Å². The summed E-state index contributed by atoms with van der Waals surface area (Å²) in [7, 11) is 0. The molecule has 0 radical (unpaired) electrons. The molecule has 1 N–H and O–H groups in total. The second-order valence-electron chi connectivity index (χ2n) is 7.98. The van der Waals surface area contributed by atoms with Crippen LogP contribution in [0.2, 0.25) is 0 Å². The van der Waals surface area contributed by atoms with Crippen LogP contribution in [-0.2, 0) is 10.3 Å². The first-order chi connectivity index (χ1) is 13.7. The van der Waals surface area contributed by atoms with E-state index in [1.165, 1.54) is 24.8 Å². The molecule has 152 valence electrons. The van der Waals surface area contributed by atoms with Gasteiger partial charge in [0.05, 0.1) is 18.8 Å². The minimum Gasteiger partial charge on any atom is -0.384 e. The van der Waals surface area contributed by atoms with Gasteiger partial charge in [-0.2, -0.15) is 0 Å². The molecule has 28 heavy (non-hydrogen) atoms. The van der Waals surface area contributed by atoms with Crippen molar-refractivity contribution >= 4 is 0 Å². The summed E-state index contributed by atoms with van der Waals surface area (Å²) in [6.45, 7) is 6.51. The van der Waals surface area contributed by atoms with Gasteiger partial charge >= 0.3 is 0 Å². The van der Waals surface area contributed by atoms with E-state index in [1.807, 2.05) is 18.2 Å². The quantitative estimate of drug-likeness (QED) is 0.590. The van der Waals surface area contributed by atoms with Gasteiger partial charge in [-0.05, 0) is 17.5 Å². The molecule has 0 bridgehead atoms. The molecule has 1 aliphatic heterocycles. The van der Waals surface area contributed by atoms with Gasteiger partial charge < -0.3 is 9.84 Å². The molecule has 0 aromatic heterocycles. The van der Waals surface area contributed by atoms with Crippen molar-refractivity contribution in [1.29, 1.82) is 0 Å². The Hall–Kier alpha value is -1.68. The van der Waals surface area contributed by atoms with E-state index in [0.717, 1.165) is 51.3 Å². The molecular formula is C25H35NO2. The number of nitrogens with zero attached hydrogens (tertiary/aromatic N) is 1. The molecule has 3 rings (SSSR count). The summed E-state index contributed by atoms with van der Waals surface area (Å²) in [5.74, 6) is 0.0378. The predicted molar refractivity (Wildman–Crippen MR) is 116 cm³/mol. The highest BCUT2D eigenvalue weighted by molar-refractivity contribution is 5.31. The van der Waals surface area contributed by atoms with Crippen molar-refractivity contribution in [1.82, 2.24) is 4.90 Å². The van der Waals surface area contributed by atoms with Crippen LogP contribution in [0.25, 0.3) is 0 Å². The number of aliphatic hydroxyl groups is 1. The molecule has 1 aliphatic rings. The molecule has 1 saturated heterocycles. The zero-order chi connectivity index (χ0) is 19.7. The number of hydrogen-bond donors (Lipinski definition) is 1. The van der Waals surface area contributed by atoms with Gasteiger partial charge in [0.25, 0.3) is 0 Å². The minimum absolute atomic E-state index is 0.0378. The Kier molecular flexibility index (Phi) is 8.08. The number of ether oxygens (including phenoxy) is 1. The van der Waals surface area contributed by atoms with Crippen LogP contribution in [0, 0.1) is 0 Å². The maximum Gasteiger partial charge on any atom is 0.0977 e. The molecule has 2 atom stereocenters. The average molecular weight is 382 g/mol. The van der Waals surface area contributed by atoms with Crippen LogP contribution in [-0.4, -0.2) is 42.9 Å². The molecule has 0 aliphatic carbocycles. The maximum atomic E-state index is 12.2. The topological polar surface area (TPSA) is 32.7 Å². The van der Waals surface area contributed by atoms with Crippen molar-refractivity contribution in [2.45, 2.75) is 50.5 Å². The van der Waals surface area contributed by atoms with Crippen LogP contribution >= 0.6 is 0 Å². The third kappa shape index (κ3) is 5.44. The first kappa shape index (κ1) is 21.0. The number of morpholine rings is 1. The Morgan fingerprint density at radius 1 is 0.929 bits per heavy atom. The van der Waals surface area contributed by atoms with E-state index in [0.29, 0.717) is 0 Å². The highest BCUT2D eigenvalue weighted by Crippen LogP contribution is 2.41. The van der Waals surface area contributed by atoms with Crippen molar-refractivity contribution in [2.75, 3.05) is 32.8 Å². The Labute approximate surface area is 170 Å². The number of hydrogen-bond acceptors (Lipinski definition) is 3. The Balaban J connectivity index is 1.92. The lowest BCUT2D eigenvalue weighted by Gasteiger charge is -2.41. The summed E-state index contributed by atoms with van der Waals surface area (Å²) in [6, 6.07) is 20.9. The van der Waals surface area contributed by atoms with Crippen LogP contribution < -0.4 is 0 Å². The van der Waals surface area contributed by atoms with Crippen LogP contribution in [0.15, 0.2) is 60.7 Å². The monoisotopic (exact) mass is 381 g/mol. The largest absolute Gasteiger partial charge is 0.384 e. The molecule has 0 unspecified atom stereocenters. The Morgan fingerprint density at radius 3 is 2.21 bits per heavy atom. The van der Waals surface area contributed by atoms with Crippen molar-refractivity contribution < 1.29 is 9.84 Å². The fraction of sp³-hybridized carbons (Fsp3) is 0.520. The van der Waals surface area contributed by atoms with E-state index in [1.54, 1.807) is 0 Å². The second kappa shape index (κ2) is 10.8. The van der Waals surface area contributed by atoms with E-state index in [9.17, 15) is 5.11 Å². The van der Waals surface area contributed by atoms with Crippen LogP contribution in [0.5, 0.6) is 0 Å². The van der Waals surface area contributed by atoms with Crippen LogP contribution in [0.3, 0.4) is 0 Å². The van der Waals surface area contributed by atoms with Gasteiger partial charge in [-0.15, -0.1) is 0 Å². The van der Waals surface area contributed by atoms with Crippen LogP contribution in [0.1, 0.15) is 56.1 Å². The molecule has 0 amide bonds. The van der Waals surface area contributed by atoms with Gasteiger partial charge in [-0.25, -0.2) is 0 Å². The van der Waals surface area contributed by atoms with E-state index in [-0.39, 0.29) is 5.92 Å². The molecule has 1 heterocycles. The van der Waals surface area contributed by atoms with E-state index in [2.05, 4.69) is 54.3 Å². The fourth-order valence-corrected chi connectivity index (χ4v) is 4.33. The minimum atomic E-state index is -0.866. The third-order valence-corrected chi connectivity index (χ3v) is 6.01. The van der Waals surface area contributed by atoms with Gasteiger partial charge in [0.1, 0.15) is 0 Å². The number of rotatable bonds is 10. The SMILES string of the molecule is CCCCCC[C@@](O)(c1ccccc1)[C@H](CN1CCOCC1)c1ccccc1. The van der Waals surface area contributed by atoms with Gasteiger partial charge in [0.15, 0.2) is 0 Å². The smallest absolute Gasteiger partial charge is 0.0977 e. The maximum absolute atomic E-state index is 12.2. The fourth-order valence-electron chi connectivity index (χ4n) is 4.33. The Morgan fingerprint density at radius 2 is 1.57 bits per heavy atom.